The van der Waals surface area contributed by atoms with E-state index >= 15 is 0 Å². The van der Waals surface area contributed by atoms with E-state index in [4.69, 9.17) is 0 Å². The number of rotatable bonds is 5. The van der Waals surface area contributed by atoms with E-state index in [1.807, 2.05) is 19.2 Å². The summed E-state index contributed by atoms with van der Waals surface area (Å²) in [6.45, 7) is 5.66. The van der Waals surface area contributed by atoms with E-state index in [1.54, 1.807) is 4.90 Å². The molecular formula is C14H22N2O. The van der Waals surface area contributed by atoms with Gasteiger partial charge in [-0.2, -0.15) is 0 Å². The summed E-state index contributed by atoms with van der Waals surface area (Å²) in [5.74, 6) is 0. The fourth-order valence-electron chi connectivity index (χ4n) is 1.77. The predicted molar refractivity (Wildman–Crippen MR) is 71.2 cm³/mol. The summed E-state index contributed by atoms with van der Waals surface area (Å²) < 4.78 is 0. The second-order valence-electron chi connectivity index (χ2n) is 4.33. The average molecular weight is 234 g/mol. The topological polar surface area (TPSA) is 32.3 Å². The highest BCUT2D eigenvalue weighted by atomic mass is 16.2. The Bertz CT molecular complexity index is 363. The third-order valence-electron chi connectivity index (χ3n) is 2.84. The minimum absolute atomic E-state index is 0.0143. The molecule has 0 unspecified atom stereocenters. The highest BCUT2D eigenvalue weighted by Gasteiger charge is 2.06. The van der Waals surface area contributed by atoms with Crippen LogP contribution < -0.4 is 5.32 Å². The van der Waals surface area contributed by atoms with Crippen LogP contribution >= 0.6 is 0 Å². The molecule has 0 radical (unpaired) electrons. The van der Waals surface area contributed by atoms with Crippen molar-refractivity contribution in [2.24, 2.45) is 0 Å². The Kier molecular flexibility index (Phi) is 5.53. The minimum Gasteiger partial charge on any atom is -0.338 e. The van der Waals surface area contributed by atoms with Gasteiger partial charge in [-0.15, -0.1) is 0 Å². The molecule has 3 heteroatoms. The van der Waals surface area contributed by atoms with Crippen molar-refractivity contribution in [3.63, 3.8) is 0 Å². The van der Waals surface area contributed by atoms with Crippen LogP contribution in [0, 0.1) is 6.92 Å². The molecule has 0 aromatic heterocycles. The number of amides is 2. The summed E-state index contributed by atoms with van der Waals surface area (Å²) >= 11 is 0. The third kappa shape index (κ3) is 4.47. The van der Waals surface area contributed by atoms with Gasteiger partial charge in [0.15, 0.2) is 0 Å². The van der Waals surface area contributed by atoms with Crippen LogP contribution in [0.5, 0.6) is 0 Å². The third-order valence-corrected chi connectivity index (χ3v) is 2.84. The number of hydrogen-bond donors (Lipinski definition) is 1. The van der Waals surface area contributed by atoms with Crippen LogP contribution in [-0.4, -0.2) is 31.1 Å². The molecule has 3 nitrogen and oxygen atoms in total. The second-order valence-corrected chi connectivity index (χ2v) is 4.33. The molecular weight excluding hydrogens is 212 g/mol. The fourth-order valence-corrected chi connectivity index (χ4v) is 1.77. The maximum Gasteiger partial charge on any atom is 0.317 e. The van der Waals surface area contributed by atoms with Gasteiger partial charge in [0.2, 0.25) is 0 Å². The molecule has 0 heterocycles. The van der Waals surface area contributed by atoms with E-state index in [0.29, 0.717) is 6.54 Å². The van der Waals surface area contributed by atoms with Gasteiger partial charge in [-0.25, -0.2) is 4.79 Å². The average Bonchev–Trinajstić information content (AvgIpc) is 2.31. The molecule has 0 fully saturated rings. The van der Waals surface area contributed by atoms with E-state index in [-0.39, 0.29) is 6.03 Å². The second kappa shape index (κ2) is 6.94. The smallest absolute Gasteiger partial charge is 0.317 e. The first-order valence-corrected chi connectivity index (χ1v) is 6.18. The molecule has 94 valence electrons. The molecule has 1 rings (SSSR count). The van der Waals surface area contributed by atoms with Gasteiger partial charge in [0.1, 0.15) is 0 Å². The molecule has 0 atom stereocenters. The van der Waals surface area contributed by atoms with E-state index in [1.165, 1.54) is 11.1 Å². The highest BCUT2D eigenvalue weighted by Crippen LogP contribution is 2.06. The summed E-state index contributed by atoms with van der Waals surface area (Å²) in [6.07, 6.45) is 1.88. The summed E-state index contributed by atoms with van der Waals surface area (Å²) in [5, 5.41) is 2.93. The summed E-state index contributed by atoms with van der Waals surface area (Å²) in [7, 11) is 1.83. The van der Waals surface area contributed by atoms with Crippen LogP contribution in [0.2, 0.25) is 0 Å². The van der Waals surface area contributed by atoms with Crippen LogP contribution in [0.4, 0.5) is 4.79 Å². The SMILES string of the molecule is CCCN(C)C(=O)NCCc1ccccc1C. The van der Waals surface area contributed by atoms with Gasteiger partial charge >= 0.3 is 6.03 Å². The Morgan fingerprint density at radius 1 is 1.35 bits per heavy atom. The van der Waals surface area contributed by atoms with Crippen LogP contribution in [0.25, 0.3) is 0 Å². The number of carbonyl (C=O) groups excluding carboxylic acids is 1. The number of benzene rings is 1. The first-order chi connectivity index (χ1) is 8.15. The van der Waals surface area contributed by atoms with Gasteiger partial charge in [0.05, 0.1) is 0 Å². The summed E-state index contributed by atoms with van der Waals surface area (Å²) in [6, 6.07) is 8.29. The summed E-state index contributed by atoms with van der Waals surface area (Å²) in [5.41, 5.74) is 2.58. The largest absolute Gasteiger partial charge is 0.338 e. The van der Waals surface area contributed by atoms with Crippen molar-refractivity contribution >= 4 is 6.03 Å². The zero-order chi connectivity index (χ0) is 12.7. The van der Waals surface area contributed by atoms with Gasteiger partial charge in [-0.05, 0) is 30.9 Å². The van der Waals surface area contributed by atoms with Crippen molar-refractivity contribution in [3.05, 3.63) is 35.4 Å². The first kappa shape index (κ1) is 13.6. The number of hydrogen-bond acceptors (Lipinski definition) is 1. The lowest BCUT2D eigenvalue weighted by Gasteiger charge is -2.17. The van der Waals surface area contributed by atoms with E-state index in [9.17, 15) is 4.79 Å². The van der Waals surface area contributed by atoms with Gasteiger partial charge in [-0.3, -0.25) is 0 Å². The number of nitrogens with zero attached hydrogens (tertiary/aromatic N) is 1. The molecule has 1 aromatic rings. The molecule has 0 bridgehead atoms. The molecule has 17 heavy (non-hydrogen) atoms. The molecule has 2 amide bonds. The van der Waals surface area contributed by atoms with Crippen molar-refractivity contribution in [1.29, 1.82) is 0 Å². The number of carbonyl (C=O) groups is 1. The van der Waals surface area contributed by atoms with Crippen LogP contribution in [0.1, 0.15) is 24.5 Å². The summed E-state index contributed by atoms with van der Waals surface area (Å²) in [4.78, 5) is 13.3. The van der Waals surface area contributed by atoms with Crippen LogP contribution in [-0.2, 0) is 6.42 Å². The Labute approximate surface area is 104 Å². The zero-order valence-electron chi connectivity index (χ0n) is 11.0. The molecule has 1 N–H and O–H groups in total. The zero-order valence-corrected chi connectivity index (χ0v) is 11.0. The number of urea groups is 1. The van der Waals surface area contributed by atoms with Crippen molar-refractivity contribution in [2.45, 2.75) is 26.7 Å². The quantitative estimate of drug-likeness (QED) is 0.834. The predicted octanol–water partition coefficient (Wildman–Crippen LogP) is 2.59. The van der Waals surface area contributed by atoms with E-state index < -0.39 is 0 Å². The lowest BCUT2D eigenvalue weighted by molar-refractivity contribution is 0.209. The van der Waals surface area contributed by atoms with Gasteiger partial charge in [0, 0.05) is 20.1 Å². The minimum atomic E-state index is 0.0143. The maximum atomic E-state index is 11.6. The van der Waals surface area contributed by atoms with Crippen molar-refractivity contribution in [2.75, 3.05) is 20.1 Å². The van der Waals surface area contributed by atoms with Crippen LogP contribution in [0.15, 0.2) is 24.3 Å². The Balaban J connectivity index is 2.33. The number of nitrogens with one attached hydrogen (secondary N) is 1. The molecule has 0 aliphatic rings. The highest BCUT2D eigenvalue weighted by molar-refractivity contribution is 5.73. The molecule has 1 aromatic carbocycles. The van der Waals surface area contributed by atoms with E-state index in [0.717, 1.165) is 19.4 Å². The normalized spacial score (nSPS) is 10.1. The van der Waals surface area contributed by atoms with E-state index in [2.05, 4.69) is 31.3 Å². The Morgan fingerprint density at radius 2 is 2.06 bits per heavy atom. The first-order valence-electron chi connectivity index (χ1n) is 6.18. The standard InChI is InChI=1S/C14H22N2O/c1-4-11-16(3)14(17)15-10-9-13-8-6-5-7-12(13)2/h5-8H,4,9-11H2,1-3H3,(H,15,17). The van der Waals surface area contributed by atoms with Crippen molar-refractivity contribution in [3.8, 4) is 0 Å². The van der Waals surface area contributed by atoms with Crippen molar-refractivity contribution < 1.29 is 4.79 Å². The maximum absolute atomic E-state index is 11.6. The van der Waals surface area contributed by atoms with Crippen LogP contribution in [0.3, 0.4) is 0 Å². The lowest BCUT2D eigenvalue weighted by atomic mass is 10.1. The molecule has 0 spiro atoms. The molecule has 0 saturated heterocycles. The van der Waals surface area contributed by atoms with Gasteiger partial charge in [-0.1, -0.05) is 31.2 Å². The van der Waals surface area contributed by atoms with Crippen molar-refractivity contribution in [1.82, 2.24) is 10.2 Å². The van der Waals surface area contributed by atoms with Gasteiger partial charge < -0.3 is 10.2 Å². The fraction of sp³-hybridized carbons (Fsp3) is 0.500. The molecule has 0 aliphatic heterocycles. The lowest BCUT2D eigenvalue weighted by Crippen LogP contribution is -2.38. The molecule has 0 saturated carbocycles. The van der Waals surface area contributed by atoms with Gasteiger partial charge in [0.25, 0.3) is 0 Å². The monoisotopic (exact) mass is 234 g/mol. The Hall–Kier alpha value is -1.51. The number of aryl methyl sites for hydroxylation is 1. The molecule has 0 aliphatic carbocycles. The Morgan fingerprint density at radius 3 is 2.71 bits per heavy atom.